The van der Waals surface area contributed by atoms with E-state index < -0.39 is 0 Å². The molecule has 0 unspecified atom stereocenters. The Balaban J connectivity index is 2.31. The van der Waals surface area contributed by atoms with Crippen LogP contribution in [0.5, 0.6) is 5.75 Å². The highest BCUT2D eigenvalue weighted by Gasteiger charge is 2.06. The number of nitrogen functional groups attached to an aromatic ring is 1. The molecule has 0 aromatic heterocycles. The van der Waals surface area contributed by atoms with Crippen LogP contribution in [0.1, 0.15) is 0 Å². The van der Waals surface area contributed by atoms with Gasteiger partial charge in [-0.05, 0) is 30.3 Å². The molecule has 2 rings (SSSR count). The number of anilines is 3. The molecule has 0 aliphatic rings. The second-order valence-electron chi connectivity index (χ2n) is 3.70. The van der Waals surface area contributed by atoms with Crippen molar-refractivity contribution in [2.75, 3.05) is 18.2 Å². The van der Waals surface area contributed by atoms with Gasteiger partial charge in [0.25, 0.3) is 0 Å². The Hall–Kier alpha value is -1.94. The Labute approximate surface area is 109 Å². The molecule has 3 N–H and O–H groups in total. The Morgan fingerprint density at radius 3 is 2.61 bits per heavy atom. The van der Waals surface area contributed by atoms with Crippen molar-refractivity contribution in [3.8, 4) is 5.75 Å². The molecule has 2 aromatic rings. The summed E-state index contributed by atoms with van der Waals surface area (Å²) >= 11 is 5.96. The Morgan fingerprint density at radius 1 is 1.17 bits per heavy atom. The largest absolute Gasteiger partial charge is 0.497 e. The minimum atomic E-state index is -0.367. The standard InChI is InChI=1S/C13H12ClFN2O/c1-18-9-3-5-12(11(16)7-9)17-13-6-8(15)2-4-10(13)14/h2-7,17H,16H2,1H3. The van der Waals surface area contributed by atoms with E-state index in [0.717, 1.165) is 0 Å². The topological polar surface area (TPSA) is 47.3 Å². The van der Waals surface area contributed by atoms with Gasteiger partial charge in [-0.3, -0.25) is 0 Å². The van der Waals surface area contributed by atoms with Gasteiger partial charge in [-0.1, -0.05) is 11.6 Å². The summed E-state index contributed by atoms with van der Waals surface area (Å²) in [7, 11) is 1.56. The molecule has 0 heterocycles. The number of hydrogen-bond acceptors (Lipinski definition) is 3. The normalized spacial score (nSPS) is 10.2. The van der Waals surface area contributed by atoms with E-state index in [2.05, 4.69) is 5.32 Å². The lowest BCUT2D eigenvalue weighted by Crippen LogP contribution is -1.98. The van der Waals surface area contributed by atoms with E-state index in [0.29, 0.717) is 27.8 Å². The quantitative estimate of drug-likeness (QED) is 0.831. The van der Waals surface area contributed by atoms with E-state index in [1.807, 2.05) is 0 Å². The first-order chi connectivity index (χ1) is 8.60. The molecule has 0 radical (unpaired) electrons. The molecule has 2 aromatic carbocycles. The fourth-order valence-corrected chi connectivity index (χ4v) is 1.68. The number of benzene rings is 2. The molecule has 0 spiro atoms. The van der Waals surface area contributed by atoms with Crippen LogP contribution in [0.15, 0.2) is 36.4 Å². The number of nitrogens with one attached hydrogen (secondary N) is 1. The molecule has 0 aliphatic heterocycles. The van der Waals surface area contributed by atoms with Gasteiger partial charge in [0, 0.05) is 6.07 Å². The first-order valence-corrected chi connectivity index (χ1v) is 5.63. The van der Waals surface area contributed by atoms with Crippen molar-refractivity contribution in [3.63, 3.8) is 0 Å². The highest BCUT2D eigenvalue weighted by molar-refractivity contribution is 6.33. The summed E-state index contributed by atoms with van der Waals surface area (Å²) in [5, 5.41) is 3.40. The zero-order valence-corrected chi connectivity index (χ0v) is 10.5. The summed E-state index contributed by atoms with van der Waals surface area (Å²) in [4.78, 5) is 0. The summed E-state index contributed by atoms with van der Waals surface area (Å²) in [5.41, 5.74) is 7.46. The van der Waals surface area contributed by atoms with Crippen molar-refractivity contribution in [1.82, 2.24) is 0 Å². The van der Waals surface area contributed by atoms with E-state index >= 15 is 0 Å². The Bertz CT molecular complexity index is 575. The minimum Gasteiger partial charge on any atom is -0.497 e. The highest BCUT2D eigenvalue weighted by Crippen LogP contribution is 2.30. The summed E-state index contributed by atoms with van der Waals surface area (Å²) in [5.74, 6) is 0.289. The lowest BCUT2D eigenvalue weighted by atomic mass is 10.2. The molecule has 0 atom stereocenters. The maximum Gasteiger partial charge on any atom is 0.125 e. The number of methoxy groups -OCH3 is 1. The van der Waals surface area contributed by atoms with Crippen LogP contribution in [0.25, 0.3) is 0 Å². The van der Waals surface area contributed by atoms with Gasteiger partial charge in [-0.15, -0.1) is 0 Å². The molecular weight excluding hydrogens is 255 g/mol. The van der Waals surface area contributed by atoms with Crippen LogP contribution in [-0.2, 0) is 0 Å². The van der Waals surface area contributed by atoms with E-state index in [1.54, 1.807) is 25.3 Å². The van der Waals surface area contributed by atoms with Gasteiger partial charge in [-0.25, -0.2) is 4.39 Å². The SMILES string of the molecule is COc1ccc(Nc2cc(F)ccc2Cl)c(N)c1. The fraction of sp³-hybridized carbons (Fsp3) is 0.0769. The fourth-order valence-electron chi connectivity index (χ4n) is 1.52. The van der Waals surface area contributed by atoms with Crippen molar-refractivity contribution < 1.29 is 9.13 Å². The third-order valence-electron chi connectivity index (χ3n) is 2.46. The van der Waals surface area contributed by atoms with Gasteiger partial charge in [0.05, 0.1) is 29.2 Å². The average Bonchev–Trinajstić information content (AvgIpc) is 2.36. The van der Waals surface area contributed by atoms with Crippen LogP contribution in [-0.4, -0.2) is 7.11 Å². The number of halogens is 2. The second kappa shape index (κ2) is 5.14. The molecule has 0 aliphatic carbocycles. The van der Waals surface area contributed by atoms with Crippen LogP contribution in [0, 0.1) is 5.82 Å². The second-order valence-corrected chi connectivity index (χ2v) is 4.11. The molecule has 0 saturated heterocycles. The summed E-state index contributed by atoms with van der Waals surface area (Å²) < 4.78 is 18.2. The predicted octanol–water partition coefficient (Wildman–Crippen LogP) is 3.81. The third kappa shape index (κ3) is 2.65. The first-order valence-electron chi connectivity index (χ1n) is 5.26. The maximum absolute atomic E-state index is 13.1. The monoisotopic (exact) mass is 266 g/mol. The van der Waals surface area contributed by atoms with E-state index in [4.69, 9.17) is 22.1 Å². The van der Waals surface area contributed by atoms with Crippen LogP contribution in [0.4, 0.5) is 21.5 Å². The van der Waals surface area contributed by atoms with Crippen molar-refractivity contribution in [2.24, 2.45) is 0 Å². The predicted molar refractivity (Wildman–Crippen MR) is 72.1 cm³/mol. The van der Waals surface area contributed by atoms with Gasteiger partial charge in [0.15, 0.2) is 0 Å². The van der Waals surface area contributed by atoms with Crippen molar-refractivity contribution in [3.05, 3.63) is 47.2 Å². The van der Waals surface area contributed by atoms with Crippen molar-refractivity contribution in [2.45, 2.75) is 0 Å². The van der Waals surface area contributed by atoms with Gasteiger partial charge in [0.1, 0.15) is 11.6 Å². The maximum atomic E-state index is 13.1. The molecule has 0 saturated carbocycles. The molecule has 0 amide bonds. The molecule has 94 valence electrons. The van der Waals surface area contributed by atoms with Gasteiger partial charge >= 0.3 is 0 Å². The highest BCUT2D eigenvalue weighted by atomic mass is 35.5. The first kappa shape index (κ1) is 12.5. The van der Waals surface area contributed by atoms with Gasteiger partial charge < -0.3 is 15.8 Å². The van der Waals surface area contributed by atoms with Crippen LogP contribution < -0.4 is 15.8 Å². The van der Waals surface area contributed by atoms with E-state index in [1.165, 1.54) is 18.2 Å². The number of hydrogen-bond donors (Lipinski definition) is 2. The lowest BCUT2D eigenvalue weighted by molar-refractivity contribution is 0.415. The molecule has 3 nitrogen and oxygen atoms in total. The van der Waals surface area contributed by atoms with Gasteiger partial charge in [-0.2, -0.15) is 0 Å². The summed E-state index contributed by atoms with van der Waals surface area (Å²) in [6.07, 6.45) is 0. The zero-order valence-electron chi connectivity index (χ0n) is 9.71. The van der Waals surface area contributed by atoms with Gasteiger partial charge in [0.2, 0.25) is 0 Å². The minimum absolute atomic E-state index is 0.367. The molecule has 0 fully saturated rings. The number of rotatable bonds is 3. The number of ether oxygens (including phenoxy) is 1. The molecule has 18 heavy (non-hydrogen) atoms. The molecule has 0 bridgehead atoms. The third-order valence-corrected chi connectivity index (χ3v) is 2.79. The molecular formula is C13H12ClFN2O. The van der Waals surface area contributed by atoms with Crippen LogP contribution in [0.2, 0.25) is 5.02 Å². The molecule has 5 heteroatoms. The van der Waals surface area contributed by atoms with Crippen molar-refractivity contribution >= 4 is 28.7 Å². The Kier molecular flexibility index (Phi) is 3.58. The van der Waals surface area contributed by atoms with Crippen LogP contribution in [0.3, 0.4) is 0 Å². The Morgan fingerprint density at radius 2 is 1.94 bits per heavy atom. The average molecular weight is 267 g/mol. The van der Waals surface area contributed by atoms with Crippen LogP contribution >= 0.6 is 11.6 Å². The summed E-state index contributed by atoms with van der Waals surface area (Å²) in [6.45, 7) is 0. The zero-order chi connectivity index (χ0) is 13.1. The number of nitrogens with two attached hydrogens (primary N) is 1. The van der Waals surface area contributed by atoms with E-state index in [9.17, 15) is 4.39 Å². The smallest absolute Gasteiger partial charge is 0.125 e. The summed E-state index contributed by atoms with van der Waals surface area (Å²) in [6, 6.07) is 9.27. The lowest BCUT2D eigenvalue weighted by Gasteiger charge is -2.12. The van der Waals surface area contributed by atoms with E-state index in [-0.39, 0.29) is 5.82 Å². The van der Waals surface area contributed by atoms with Crippen molar-refractivity contribution in [1.29, 1.82) is 0 Å².